The third-order valence-corrected chi connectivity index (χ3v) is 3.55. The van der Waals surface area contributed by atoms with Crippen molar-refractivity contribution in [2.75, 3.05) is 12.8 Å². The lowest BCUT2D eigenvalue weighted by molar-refractivity contribution is 0.176. The third kappa shape index (κ3) is 2.00. The molecule has 3 aromatic rings. The minimum Gasteiger partial charge on any atom is -0.506 e. The van der Waals surface area contributed by atoms with Gasteiger partial charge in [0.2, 0.25) is 4.96 Å². The molecule has 3 N–H and O–H groups in total. The third-order valence-electron chi connectivity index (χ3n) is 2.61. The summed E-state index contributed by atoms with van der Waals surface area (Å²) >= 11 is 1.38. The van der Waals surface area contributed by atoms with E-state index in [4.69, 9.17) is 10.5 Å². The normalized spacial score (nSPS) is 11.2. The number of fused-ring (bicyclic) bond motifs is 1. The Kier molecular flexibility index (Phi) is 2.80. The molecule has 0 atom stereocenters. The molecule has 0 bridgehead atoms. The summed E-state index contributed by atoms with van der Waals surface area (Å²) in [5, 5.41) is 22.8. The van der Waals surface area contributed by atoms with Gasteiger partial charge in [0.15, 0.2) is 5.82 Å². The number of anilines is 1. The summed E-state index contributed by atoms with van der Waals surface area (Å²) in [4.78, 5) is 0.679. The number of hydrogen-bond acceptors (Lipinski definition) is 7. The number of nitrogen functional groups attached to an aromatic ring is 1. The first-order chi connectivity index (χ1) is 9.19. The SMILES string of the molecule is COCc1nnc2sc(-c3ccc(N)c(O)c3)nn12. The number of rotatable bonds is 3. The van der Waals surface area contributed by atoms with Crippen molar-refractivity contribution in [1.29, 1.82) is 0 Å². The standard InChI is InChI=1S/C11H11N5O2S/c1-18-5-9-13-14-11-16(9)15-10(19-11)6-2-3-7(12)8(17)4-6/h2-4,17H,5,12H2,1H3. The molecular weight excluding hydrogens is 266 g/mol. The largest absolute Gasteiger partial charge is 0.506 e. The fourth-order valence-corrected chi connectivity index (χ4v) is 2.52. The van der Waals surface area contributed by atoms with Crippen molar-refractivity contribution in [2.24, 2.45) is 0 Å². The maximum absolute atomic E-state index is 9.62. The molecule has 0 aliphatic carbocycles. The molecular formula is C11H11N5O2S. The number of nitrogens with two attached hydrogens (primary N) is 1. The van der Waals surface area contributed by atoms with Crippen molar-refractivity contribution in [2.45, 2.75) is 6.61 Å². The van der Waals surface area contributed by atoms with E-state index in [1.807, 2.05) is 0 Å². The number of hydrogen-bond donors (Lipinski definition) is 2. The molecule has 8 heteroatoms. The first-order valence-corrected chi connectivity index (χ1v) is 6.29. The van der Waals surface area contributed by atoms with Gasteiger partial charge in [-0.25, -0.2) is 0 Å². The predicted molar refractivity (Wildman–Crippen MR) is 70.9 cm³/mol. The van der Waals surface area contributed by atoms with Gasteiger partial charge in [-0.15, -0.1) is 10.2 Å². The van der Waals surface area contributed by atoms with Gasteiger partial charge in [-0.3, -0.25) is 0 Å². The molecule has 98 valence electrons. The first-order valence-electron chi connectivity index (χ1n) is 5.48. The van der Waals surface area contributed by atoms with E-state index in [-0.39, 0.29) is 5.75 Å². The van der Waals surface area contributed by atoms with Crippen molar-refractivity contribution >= 4 is 22.0 Å². The van der Waals surface area contributed by atoms with Crippen molar-refractivity contribution in [3.8, 4) is 16.3 Å². The van der Waals surface area contributed by atoms with E-state index in [0.29, 0.717) is 23.1 Å². The molecule has 3 rings (SSSR count). The number of aromatic nitrogens is 4. The Morgan fingerprint density at radius 1 is 1.42 bits per heavy atom. The van der Waals surface area contributed by atoms with Gasteiger partial charge in [-0.1, -0.05) is 11.3 Å². The summed E-state index contributed by atoms with van der Waals surface area (Å²) < 4.78 is 6.66. The smallest absolute Gasteiger partial charge is 0.235 e. The van der Waals surface area contributed by atoms with Gasteiger partial charge in [-0.05, 0) is 18.2 Å². The van der Waals surface area contributed by atoms with Crippen LogP contribution in [0.15, 0.2) is 18.2 Å². The number of methoxy groups -OCH3 is 1. The molecule has 2 heterocycles. The van der Waals surface area contributed by atoms with E-state index in [2.05, 4.69) is 15.3 Å². The van der Waals surface area contributed by atoms with E-state index in [1.54, 1.807) is 29.8 Å². The minimum atomic E-state index is 0.0422. The monoisotopic (exact) mass is 277 g/mol. The quantitative estimate of drug-likeness (QED) is 0.553. The number of nitrogens with zero attached hydrogens (tertiary/aromatic N) is 4. The Balaban J connectivity index is 2.07. The van der Waals surface area contributed by atoms with Gasteiger partial charge < -0.3 is 15.6 Å². The van der Waals surface area contributed by atoms with Crippen LogP contribution in [0.3, 0.4) is 0 Å². The van der Waals surface area contributed by atoms with Crippen LogP contribution < -0.4 is 5.73 Å². The van der Waals surface area contributed by atoms with Crippen LogP contribution in [0, 0.1) is 0 Å². The second-order valence-electron chi connectivity index (χ2n) is 3.92. The van der Waals surface area contributed by atoms with Gasteiger partial charge in [0.1, 0.15) is 17.4 Å². The number of phenolic OH excluding ortho intramolecular Hbond substituents is 1. The average Bonchev–Trinajstić information content (AvgIpc) is 2.95. The predicted octanol–water partition coefficient (Wildman–Crippen LogP) is 1.29. The molecule has 0 spiro atoms. The molecule has 0 radical (unpaired) electrons. The van der Waals surface area contributed by atoms with Gasteiger partial charge in [-0.2, -0.15) is 9.61 Å². The zero-order valence-electron chi connectivity index (χ0n) is 10.1. The van der Waals surface area contributed by atoms with Crippen LogP contribution in [0.4, 0.5) is 5.69 Å². The van der Waals surface area contributed by atoms with Gasteiger partial charge in [0, 0.05) is 12.7 Å². The molecule has 2 aromatic heterocycles. The molecule has 0 amide bonds. The van der Waals surface area contributed by atoms with E-state index in [9.17, 15) is 5.11 Å². The Bertz CT molecular complexity index is 736. The Hall–Kier alpha value is -2.19. The Labute approximate surface area is 112 Å². The lowest BCUT2D eigenvalue weighted by atomic mass is 10.2. The molecule has 0 saturated carbocycles. The van der Waals surface area contributed by atoms with Crippen LogP contribution in [-0.2, 0) is 11.3 Å². The van der Waals surface area contributed by atoms with Crippen molar-refractivity contribution in [3.05, 3.63) is 24.0 Å². The van der Waals surface area contributed by atoms with Gasteiger partial charge >= 0.3 is 0 Å². The van der Waals surface area contributed by atoms with Gasteiger partial charge in [0.05, 0.1) is 5.69 Å². The molecule has 1 aromatic carbocycles. The highest BCUT2D eigenvalue weighted by molar-refractivity contribution is 7.19. The van der Waals surface area contributed by atoms with Crippen LogP contribution >= 0.6 is 11.3 Å². The summed E-state index contributed by atoms with van der Waals surface area (Å²) in [6, 6.07) is 5.02. The summed E-state index contributed by atoms with van der Waals surface area (Å²) in [5.41, 5.74) is 6.70. The zero-order valence-corrected chi connectivity index (χ0v) is 10.9. The Morgan fingerprint density at radius 2 is 2.26 bits per heavy atom. The summed E-state index contributed by atoms with van der Waals surface area (Å²) in [6.45, 7) is 0.345. The number of ether oxygens (including phenoxy) is 1. The van der Waals surface area contributed by atoms with Crippen molar-refractivity contribution in [1.82, 2.24) is 19.8 Å². The average molecular weight is 277 g/mol. The maximum atomic E-state index is 9.62. The minimum absolute atomic E-state index is 0.0422. The fraction of sp³-hybridized carbons (Fsp3) is 0.182. The summed E-state index contributed by atoms with van der Waals surface area (Å²) in [5.74, 6) is 0.681. The summed E-state index contributed by atoms with van der Waals surface area (Å²) in [6.07, 6.45) is 0. The summed E-state index contributed by atoms with van der Waals surface area (Å²) in [7, 11) is 1.59. The van der Waals surface area contributed by atoms with E-state index in [0.717, 1.165) is 10.6 Å². The lowest BCUT2D eigenvalue weighted by Gasteiger charge is -2.00. The zero-order chi connectivity index (χ0) is 13.4. The fourth-order valence-electron chi connectivity index (χ4n) is 1.67. The molecule has 0 aliphatic heterocycles. The topological polar surface area (TPSA) is 98.6 Å². The highest BCUT2D eigenvalue weighted by atomic mass is 32.1. The molecule has 0 aliphatic rings. The molecule has 0 fully saturated rings. The maximum Gasteiger partial charge on any atom is 0.235 e. The van der Waals surface area contributed by atoms with Crippen molar-refractivity contribution in [3.63, 3.8) is 0 Å². The second-order valence-corrected chi connectivity index (χ2v) is 4.88. The number of benzene rings is 1. The number of phenols is 1. The van der Waals surface area contributed by atoms with Crippen LogP contribution in [0.5, 0.6) is 5.75 Å². The highest BCUT2D eigenvalue weighted by Crippen LogP contribution is 2.30. The number of aromatic hydroxyl groups is 1. The van der Waals surface area contributed by atoms with E-state index < -0.39 is 0 Å². The van der Waals surface area contributed by atoms with Crippen LogP contribution in [0.2, 0.25) is 0 Å². The van der Waals surface area contributed by atoms with Crippen LogP contribution in [0.1, 0.15) is 5.82 Å². The Morgan fingerprint density at radius 3 is 3.00 bits per heavy atom. The van der Waals surface area contributed by atoms with Crippen LogP contribution in [0.25, 0.3) is 15.5 Å². The van der Waals surface area contributed by atoms with Crippen LogP contribution in [-0.4, -0.2) is 32.0 Å². The van der Waals surface area contributed by atoms with Gasteiger partial charge in [0.25, 0.3) is 0 Å². The highest BCUT2D eigenvalue weighted by Gasteiger charge is 2.13. The molecule has 7 nitrogen and oxygen atoms in total. The molecule has 19 heavy (non-hydrogen) atoms. The lowest BCUT2D eigenvalue weighted by Crippen LogP contribution is -1.97. The van der Waals surface area contributed by atoms with E-state index >= 15 is 0 Å². The molecule has 0 unspecified atom stereocenters. The molecule has 0 saturated heterocycles. The van der Waals surface area contributed by atoms with E-state index in [1.165, 1.54) is 11.3 Å². The second kappa shape index (κ2) is 4.48. The first kappa shape index (κ1) is 11.9. The van der Waals surface area contributed by atoms with Crippen molar-refractivity contribution < 1.29 is 9.84 Å².